The molecule has 1 N–H and O–H groups in total. The normalized spacial score (nSPS) is 18.5. The number of benzene rings is 1. The van der Waals surface area contributed by atoms with Gasteiger partial charge in [0.15, 0.2) is 0 Å². The molecular weight excluding hydrogens is 418 g/mol. The van der Waals surface area contributed by atoms with Crippen LogP contribution in [-0.2, 0) is 11.8 Å². The zero-order valence-corrected chi connectivity index (χ0v) is 18.8. The van der Waals surface area contributed by atoms with Crippen LogP contribution in [0.2, 0.25) is 0 Å². The molecule has 0 bridgehead atoms. The Morgan fingerprint density at radius 2 is 1.88 bits per heavy atom. The highest BCUT2D eigenvalue weighted by Crippen LogP contribution is 2.24. The lowest BCUT2D eigenvalue weighted by molar-refractivity contribution is -0.00545. The maximum atomic E-state index is 12.9. The van der Waals surface area contributed by atoms with E-state index in [0.717, 1.165) is 40.9 Å². The summed E-state index contributed by atoms with van der Waals surface area (Å²) >= 11 is 0. The molecule has 33 heavy (non-hydrogen) atoms. The van der Waals surface area contributed by atoms with E-state index in [0.29, 0.717) is 5.56 Å². The van der Waals surface area contributed by atoms with Crippen LogP contribution in [-0.4, -0.2) is 55.9 Å². The zero-order valence-electron chi connectivity index (χ0n) is 18.8. The van der Waals surface area contributed by atoms with Gasteiger partial charge in [0.25, 0.3) is 5.91 Å². The van der Waals surface area contributed by atoms with Crippen LogP contribution in [0.15, 0.2) is 55.1 Å². The molecule has 9 heteroatoms. The number of nitrogens with one attached hydrogen (secondary N) is 1. The van der Waals surface area contributed by atoms with Crippen LogP contribution < -0.4 is 10.2 Å². The Kier molecular flexibility index (Phi) is 5.47. The van der Waals surface area contributed by atoms with Gasteiger partial charge in [-0.25, -0.2) is 15.0 Å². The van der Waals surface area contributed by atoms with E-state index in [1.54, 1.807) is 29.2 Å². The fourth-order valence-corrected chi connectivity index (χ4v) is 4.10. The first-order chi connectivity index (χ1) is 15.9. The molecule has 3 aromatic heterocycles. The number of hydrogen-bond donors (Lipinski definition) is 1. The Bertz CT molecular complexity index is 1310. The zero-order chi connectivity index (χ0) is 22.9. The first-order valence-electron chi connectivity index (χ1n) is 10.9. The van der Waals surface area contributed by atoms with E-state index >= 15 is 0 Å². The number of pyridine rings is 1. The average molecular weight is 444 g/mol. The number of ether oxygens (including phenoxy) is 1. The van der Waals surface area contributed by atoms with Gasteiger partial charge in [0, 0.05) is 55.2 Å². The van der Waals surface area contributed by atoms with Crippen molar-refractivity contribution in [2.24, 2.45) is 7.05 Å². The molecule has 1 aliphatic rings. The van der Waals surface area contributed by atoms with Gasteiger partial charge >= 0.3 is 0 Å². The number of carbonyl (C=O) groups is 1. The molecule has 1 aromatic carbocycles. The molecule has 168 valence electrons. The molecule has 1 saturated heterocycles. The summed E-state index contributed by atoms with van der Waals surface area (Å²) in [6.45, 7) is 5.54. The number of hydrogen-bond acceptors (Lipinski definition) is 7. The smallest absolute Gasteiger partial charge is 0.258 e. The minimum absolute atomic E-state index is 0.107. The van der Waals surface area contributed by atoms with Gasteiger partial charge in [-0.15, -0.1) is 0 Å². The third-order valence-electron chi connectivity index (χ3n) is 5.60. The molecule has 0 spiro atoms. The van der Waals surface area contributed by atoms with Gasteiger partial charge < -0.3 is 9.64 Å². The average Bonchev–Trinajstić information content (AvgIpc) is 3.24. The third kappa shape index (κ3) is 4.54. The fraction of sp³-hybridized carbons (Fsp3) is 0.292. The van der Waals surface area contributed by atoms with Crippen LogP contribution in [0.3, 0.4) is 0 Å². The van der Waals surface area contributed by atoms with Crippen LogP contribution in [0.25, 0.3) is 22.0 Å². The quantitative estimate of drug-likeness (QED) is 0.517. The minimum Gasteiger partial charge on any atom is -0.372 e. The van der Waals surface area contributed by atoms with E-state index in [1.807, 2.05) is 51.5 Å². The largest absolute Gasteiger partial charge is 0.372 e. The molecule has 9 nitrogen and oxygen atoms in total. The van der Waals surface area contributed by atoms with Gasteiger partial charge in [-0.3, -0.25) is 14.8 Å². The summed E-state index contributed by atoms with van der Waals surface area (Å²) < 4.78 is 7.55. The van der Waals surface area contributed by atoms with Crippen LogP contribution in [0.1, 0.15) is 24.2 Å². The molecule has 5 rings (SSSR count). The van der Waals surface area contributed by atoms with Gasteiger partial charge in [-0.2, -0.15) is 5.10 Å². The minimum atomic E-state index is -0.282. The van der Waals surface area contributed by atoms with E-state index in [2.05, 4.69) is 30.3 Å². The number of carbonyl (C=O) groups excluding carboxylic acids is 1. The number of morpholine rings is 1. The maximum absolute atomic E-state index is 12.9. The lowest BCUT2D eigenvalue weighted by atomic mass is 10.1. The van der Waals surface area contributed by atoms with Crippen LogP contribution in [0.4, 0.5) is 11.8 Å². The summed E-state index contributed by atoms with van der Waals surface area (Å²) in [6.07, 6.45) is 7.33. The number of fused-ring (bicyclic) bond motifs is 1. The SMILES string of the molecule is C[C@@H]1CN(c2cc(C(=O)Nc3ncc4ccc(-c5cnn(C)c5)cc4n3)ccn2)C[C@H](C)O1. The molecule has 4 heterocycles. The third-order valence-corrected chi connectivity index (χ3v) is 5.60. The topological polar surface area (TPSA) is 98.1 Å². The van der Waals surface area contributed by atoms with Crippen molar-refractivity contribution >= 4 is 28.6 Å². The van der Waals surface area contributed by atoms with Gasteiger partial charge in [0.2, 0.25) is 5.95 Å². The summed E-state index contributed by atoms with van der Waals surface area (Å²) in [4.78, 5) is 28.4. The standard InChI is InChI=1S/C24H25N7O2/c1-15-12-31(13-16(2)33-15)22-9-18(6-7-25-22)23(32)29-24-26-10-19-5-4-17(8-21(19)28-24)20-11-27-30(3)14-20/h4-11,14-16H,12-13H2,1-3H3,(H,26,28,29,32)/t15-,16+. The lowest BCUT2D eigenvalue weighted by Crippen LogP contribution is -2.45. The van der Waals surface area contributed by atoms with Crippen molar-refractivity contribution in [1.29, 1.82) is 0 Å². The first kappa shape index (κ1) is 21.0. The molecule has 2 atom stereocenters. The van der Waals surface area contributed by atoms with Crippen LogP contribution >= 0.6 is 0 Å². The van der Waals surface area contributed by atoms with E-state index in [-0.39, 0.29) is 24.1 Å². The predicted molar refractivity (Wildman–Crippen MR) is 126 cm³/mol. The summed E-state index contributed by atoms with van der Waals surface area (Å²) in [7, 11) is 1.88. The number of anilines is 2. The molecular formula is C24H25N7O2. The molecule has 0 saturated carbocycles. The molecule has 0 aliphatic carbocycles. The second kappa shape index (κ2) is 8.59. The molecule has 1 aliphatic heterocycles. The van der Waals surface area contributed by atoms with Crippen molar-refractivity contribution in [2.45, 2.75) is 26.1 Å². The number of rotatable bonds is 4. The molecule has 0 unspecified atom stereocenters. The van der Waals surface area contributed by atoms with E-state index in [1.165, 1.54) is 0 Å². The van der Waals surface area contributed by atoms with E-state index in [4.69, 9.17) is 4.74 Å². The summed E-state index contributed by atoms with van der Waals surface area (Å²) in [5.74, 6) is 0.726. The van der Waals surface area contributed by atoms with Gasteiger partial charge in [0.1, 0.15) is 5.82 Å². The number of aryl methyl sites for hydroxylation is 1. The number of nitrogens with zero attached hydrogens (tertiary/aromatic N) is 6. The highest BCUT2D eigenvalue weighted by atomic mass is 16.5. The summed E-state index contributed by atoms with van der Waals surface area (Å²) in [5, 5.41) is 7.93. The molecule has 0 radical (unpaired) electrons. The molecule has 4 aromatic rings. The fourth-order valence-electron chi connectivity index (χ4n) is 4.10. The van der Waals surface area contributed by atoms with Gasteiger partial charge in [0.05, 0.1) is 23.9 Å². The second-order valence-electron chi connectivity index (χ2n) is 8.39. The van der Waals surface area contributed by atoms with Crippen molar-refractivity contribution in [3.8, 4) is 11.1 Å². The Labute approximate surface area is 191 Å². The molecule has 1 amide bonds. The predicted octanol–water partition coefficient (Wildman–Crippen LogP) is 3.29. The molecule has 1 fully saturated rings. The van der Waals surface area contributed by atoms with Crippen molar-refractivity contribution in [2.75, 3.05) is 23.3 Å². The number of amides is 1. The Morgan fingerprint density at radius 3 is 2.64 bits per heavy atom. The lowest BCUT2D eigenvalue weighted by Gasteiger charge is -2.36. The maximum Gasteiger partial charge on any atom is 0.258 e. The van der Waals surface area contributed by atoms with Crippen LogP contribution in [0.5, 0.6) is 0 Å². The van der Waals surface area contributed by atoms with Crippen LogP contribution in [0, 0.1) is 0 Å². The van der Waals surface area contributed by atoms with Gasteiger partial charge in [-0.05, 0) is 37.6 Å². The van der Waals surface area contributed by atoms with E-state index < -0.39 is 0 Å². The van der Waals surface area contributed by atoms with Crippen molar-refractivity contribution in [1.82, 2.24) is 24.7 Å². The van der Waals surface area contributed by atoms with Gasteiger partial charge in [-0.1, -0.05) is 12.1 Å². The van der Waals surface area contributed by atoms with Crippen molar-refractivity contribution in [3.63, 3.8) is 0 Å². The Morgan fingerprint density at radius 1 is 1.06 bits per heavy atom. The highest BCUT2D eigenvalue weighted by Gasteiger charge is 2.23. The van der Waals surface area contributed by atoms with E-state index in [9.17, 15) is 4.79 Å². The highest BCUT2D eigenvalue weighted by molar-refractivity contribution is 6.04. The first-order valence-corrected chi connectivity index (χ1v) is 10.9. The summed E-state index contributed by atoms with van der Waals surface area (Å²) in [6, 6.07) is 9.42. The Balaban J connectivity index is 1.36. The monoisotopic (exact) mass is 443 g/mol. The second-order valence-corrected chi connectivity index (χ2v) is 8.39. The van der Waals surface area contributed by atoms with Crippen molar-refractivity contribution < 1.29 is 9.53 Å². The Hall–Kier alpha value is -3.85. The number of aromatic nitrogens is 5. The van der Waals surface area contributed by atoms with Crippen molar-refractivity contribution in [3.05, 3.63) is 60.7 Å². The summed E-state index contributed by atoms with van der Waals surface area (Å²) in [5.41, 5.74) is 3.24.